The van der Waals surface area contributed by atoms with E-state index in [4.69, 9.17) is 4.74 Å². The highest BCUT2D eigenvalue weighted by Gasteiger charge is 2.52. The summed E-state index contributed by atoms with van der Waals surface area (Å²) in [5.74, 6) is 0.356. The largest absolute Gasteiger partial charge is 0.468 e. The maximum Gasteiger partial charge on any atom is 0.327 e. The Bertz CT molecular complexity index is 304. The Hall–Kier alpha value is -0.610. The number of ether oxygens (including phenoxy) is 1. The molecule has 2 unspecified atom stereocenters. The first-order valence-electron chi connectivity index (χ1n) is 7.15. The Kier molecular flexibility index (Phi) is 4.28. The molecule has 0 radical (unpaired) electrons. The lowest BCUT2D eigenvalue weighted by Crippen LogP contribution is -2.61. The molecular weight excluding hydrogens is 228 g/mol. The molecule has 1 heterocycles. The van der Waals surface area contributed by atoms with Crippen LogP contribution < -0.4 is 5.32 Å². The Balaban J connectivity index is 2.11. The summed E-state index contributed by atoms with van der Waals surface area (Å²) < 4.78 is 5.06. The second kappa shape index (κ2) is 5.57. The summed E-state index contributed by atoms with van der Waals surface area (Å²) in [4.78, 5) is 14.7. The van der Waals surface area contributed by atoms with E-state index < -0.39 is 5.54 Å². The molecule has 0 amide bonds. The summed E-state index contributed by atoms with van der Waals surface area (Å²) in [7, 11) is 3.39. The molecule has 2 aliphatic rings. The molecule has 1 saturated carbocycles. The van der Waals surface area contributed by atoms with Crippen LogP contribution in [0.15, 0.2) is 0 Å². The third-order valence-corrected chi connectivity index (χ3v) is 4.66. The molecule has 2 fully saturated rings. The van der Waals surface area contributed by atoms with Crippen molar-refractivity contribution < 1.29 is 9.53 Å². The van der Waals surface area contributed by atoms with Crippen LogP contribution in [0.1, 0.15) is 39.0 Å². The van der Waals surface area contributed by atoms with Gasteiger partial charge in [0.15, 0.2) is 0 Å². The van der Waals surface area contributed by atoms with Gasteiger partial charge in [0.25, 0.3) is 0 Å². The Morgan fingerprint density at radius 2 is 2.11 bits per heavy atom. The van der Waals surface area contributed by atoms with E-state index in [0.29, 0.717) is 12.0 Å². The molecule has 1 N–H and O–H groups in total. The number of piperidine rings is 1. The van der Waals surface area contributed by atoms with Gasteiger partial charge in [-0.15, -0.1) is 0 Å². The van der Waals surface area contributed by atoms with Crippen molar-refractivity contribution in [3.63, 3.8) is 0 Å². The van der Waals surface area contributed by atoms with E-state index in [0.717, 1.165) is 25.9 Å². The SMILES string of the molecule is CNC(CN1CCCCC1C)(C(=O)OC)C1CC1. The average molecular weight is 254 g/mol. The van der Waals surface area contributed by atoms with Crippen molar-refractivity contribution in [2.45, 2.75) is 50.6 Å². The van der Waals surface area contributed by atoms with Crippen molar-refractivity contribution >= 4 is 5.97 Å². The van der Waals surface area contributed by atoms with Crippen LogP contribution in [0.5, 0.6) is 0 Å². The second-order valence-electron chi connectivity index (χ2n) is 5.80. The van der Waals surface area contributed by atoms with E-state index in [9.17, 15) is 4.79 Å². The van der Waals surface area contributed by atoms with E-state index in [1.165, 1.54) is 26.4 Å². The molecule has 2 rings (SSSR count). The van der Waals surface area contributed by atoms with Gasteiger partial charge in [0.2, 0.25) is 0 Å². The number of likely N-dealkylation sites (tertiary alicyclic amines) is 1. The van der Waals surface area contributed by atoms with Crippen molar-refractivity contribution in [2.24, 2.45) is 5.92 Å². The summed E-state index contributed by atoms with van der Waals surface area (Å²) in [6, 6.07) is 0.579. The minimum Gasteiger partial charge on any atom is -0.468 e. The standard InChI is InChI=1S/C14H26N2O2/c1-11-6-4-5-9-16(11)10-14(15-2,12-7-8-12)13(17)18-3/h11-12,15H,4-10H2,1-3H3. The summed E-state index contributed by atoms with van der Waals surface area (Å²) in [5.41, 5.74) is -0.486. The van der Waals surface area contributed by atoms with Gasteiger partial charge in [0.05, 0.1) is 7.11 Å². The first-order valence-corrected chi connectivity index (χ1v) is 7.15. The lowest BCUT2D eigenvalue weighted by Gasteiger charge is -2.41. The summed E-state index contributed by atoms with van der Waals surface area (Å²) in [6.45, 7) is 4.17. The fraction of sp³-hybridized carbons (Fsp3) is 0.929. The molecule has 4 heteroatoms. The van der Waals surface area contributed by atoms with E-state index in [1.54, 1.807) is 0 Å². The van der Waals surface area contributed by atoms with Crippen molar-refractivity contribution in [2.75, 3.05) is 27.2 Å². The highest BCUT2D eigenvalue weighted by molar-refractivity contribution is 5.82. The smallest absolute Gasteiger partial charge is 0.327 e. The number of likely N-dealkylation sites (N-methyl/N-ethyl adjacent to an activating group) is 1. The third kappa shape index (κ3) is 2.54. The highest BCUT2D eigenvalue weighted by atomic mass is 16.5. The van der Waals surface area contributed by atoms with Gasteiger partial charge in [-0.3, -0.25) is 4.90 Å². The predicted octanol–water partition coefficient (Wildman–Crippen LogP) is 1.40. The lowest BCUT2D eigenvalue weighted by molar-refractivity contribution is -0.151. The fourth-order valence-corrected chi connectivity index (χ4v) is 3.22. The van der Waals surface area contributed by atoms with Crippen LogP contribution in [0.3, 0.4) is 0 Å². The quantitative estimate of drug-likeness (QED) is 0.753. The van der Waals surface area contributed by atoms with E-state index in [2.05, 4.69) is 17.1 Å². The zero-order valence-corrected chi connectivity index (χ0v) is 11.9. The van der Waals surface area contributed by atoms with Gasteiger partial charge < -0.3 is 10.1 Å². The van der Waals surface area contributed by atoms with Gasteiger partial charge in [-0.05, 0) is 52.1 Å². The van der Waals surface area contributed by atoms with Crippen LogP contribution in [-0.4, -0.2) is 49.7 Å². The number of hydrogen-bond donors (Lipinski definition) is 1. The van der Waals surface area contributed by atoms with Crippen molar-refractivity contribution in [1.82, 2.24) is 10.2 Å². The summed E-state index contributed by atoms with van der Waals surface area (Å²) in [5, 5.41) is 3.28. The van der Waals surface area contributed by atoms with Gasteiger partial charge in [-0.2, -0.15) is 0 Å². The molecule has 0 aromatic heterocycles. The first-order chi connectivity index (χ1) is 8.64. The molecular formula is C14H26N2O2. The number of nitrogens with one attached hydrogen (secondary N) is 1. The number of rotatable bonds is 5. The van der Waals surface area contributed by atoms with Crippen LogP contribution in [0.4, 0.5) is 0 Å². The Morgan fingerprint density at radius 1 is 1.39 bits per heavy atom. The number of methoxy groups -OCH3 is 1. The second-order valence-corrected chi connectivity index (χ2v) is 5.80. The maximum atomic E-state index is 12.2. The van der Waals surface area contributed by atoms with E-state index in [-0.39, 0.29) is 5.97 Å². The molecule has 0 spiro atoms. The van der Waals surface area contributed by atoms with Crippen LogP contribution in [0.25, 0.3) is 0 Å². The lowest BCUT2D eigenvalue weighted by atomic mass is 9.90. The van der Waals surface area contributed by atoms with Gasteiger partial charge in [-0.1, -0.05) is 6.42 Å². The van der Waals surface area contributed by atoms with Crippen LogP contribution in [0.2, 0.25) is 0 Å². The van der Waals surface area contributed by atoms with Gasteiger partial charge in [-0.25, -0.2) is 4.79 Å². The fourth-order valence-electron chi connectivity index (χ4n) is 3.22. The van der Waals surface area contributed by atoms with Gasteiger partial charge >= 0.3 is 5.97 Å². The molecule has 1 aliphatic carbocycles. The van der Waals surface area contributed by atoms with Gasteiger partial charge in [0, 0.05) is 12.6 Å². The zero-order chi connectivity index (χ0) is 13.2. The van der Waals surface area contributed by atoms with Crippen LogP contribution in [-0.2, 0) is 9.53 Å². The summed E-state index contributed by atoms with van der Waals surface area (Å²) in [6.07, 6.45) is 6.07. The van der Waals surface area contributed by atoms with Gasteiger partial charge in [0.1, 0.15) is 5.54 Å². The Morgan fingerprint density at radius 3 is 2.61 bits per heavy atom. The molecule has 18 heavy (non-hydrogen) atoms. The normalized spacial score (nSPS) is 28.7. The molecule has 0 bridgehead atoms. The number of carbonyl (C=O) groups excluding carboxylic acids is 1. The third-order valence-electron chi connectivity index (χ3n) is 4.66. The monoisotopic (exact) mass is 254 g/mol. The average Bonchev–Trinajstić information content (AvgIpc) is 3.22. The molecule has 1 saturated heterocycles. The first kappa shape index (κ1) is 13.8. The van der Waals surface area contributed by atoms with E-state index in [1.807, 2.05) is 7.05 Å². The molecule has 1 aliphatic heterocycles. The molecule has 2 atom stereocenters. The molecule has 0 aromatic carbocycles. The minimum atomic E-state index is -0.486. The predicted molar refractivity (Wildman–Crippen MR) is 71.4 cm³/mol. The molecule has 4 nitrogen and oxygen atoms in total. The number of nitrogens with zero attached hydrogens (tertiary/aromatic N) is 1. The van der Waals surface area contributed by atoms with Crippen molar-refractivity contribution in [3.05, 3.63) is 0 Å². The summed E-state index contributed by atoms with van der Waals surface area (Å²) >= 11 is 0. The number of hydrogen-bond acceptors (Lipinski definition) is 4. The van der Waals surface area contributed by atoms with Crippen molar-refractivity contribution in [1.29, 1.82) is 0 Å². The highest BCUT2D eigenvalue weighted by Crippen LogP contribution is 2.41. The number of esters is 1. The van der Waals surface area contributed by atoms with E-state index >= 15 is 0 Å². The molecule has 0 aromatic rings. The topological polar surface area (TPSA) is 41.6 Å². The van der Waals surface area contributed by atoms with Crippen LogP contribution in [0, 0.1) is 5.92 Å². The van der Waals surface area contributed by atoms with Crippen LogP contribution >= 0.6 is 0 Å². The minimum absolute atomic E-state index is 0.0923. The van der Waals surface area contributed by atoms with Crippen molar-refractivity contribution in [3.8, 4) is 0 Å². The number of carbonyl (C=O) groups is 1. The zero-order valence-electron chi connectivity index (χ0n) is 11.9. The molecule has 104 valence electrons. The maximum absolute atomic E-state index is 12.2. The Labute approximate surface area is 110 Å².